The standard InChI is InChI=1S/C23H26N4O5/c1-14-13-17(15(2)32-14)21(30)25-24-19(28)9-6-12-26-22(31)16-7-4-5-8-18(16)27-20(29)10-11-23(26,27)3/h4-5,7-8,13H,6,9-12H2,1-3H3,(H,24,28)(H,25,30). The normalized spacial score (nSPS) is 19.6. The van der Waals surface area contributed by atoms with Crippen molar-refractivity contribution >= 4 is 29.3 Å². The Kier molecular flexibility index (Phi) is 5.50. The van der Waals surface area contributed by atoms with Gasteiger partial charge >= 0.3 is 0 Å². The molecule has 0 bridgehead atoms. The van der Waals surface area contributed by atoms with E-state index in [4.69, 9.17) is 4.42 Å². The molecule has 4 amide bonds. The van der Waals surface area contributed by atoms with Crippen LogP contribution in [0.1, 0.15) is 64.8 Å². The van der Waals surface area contributed by atoms with Crippen LogP contribution in [0.5, 0.6) is 0 Å². The molecule has 2 aromatic rings. The van der Waals surface area contributed by atoms with Gasteiger partial charge < -0.3 is 9.32 Å². The molecule has 168 valence electrons. The van der Waals surface area contributed by atoms with Gasteiger partial charge in [0.2, 0.25) is 11.8 Å². The zero-order valence-electron chi connectivity index (χ0n) is 18.4. The monoisotopic (exact) mass is 438 g/mol. The van der Waals surface area contributed by atoms with Gasteiger partial charge in [0.1, 0.15) is 17.2 Å². The van der Waals surface area contributed by atoms with Crippen LogP contribution in [0.3, 0.4) is 0 Å². The van der Waals surface area contributed by atoms with Gasteiger partial charge in [-0.2, -0.15) is 0 Å². The average Bonchev–Trinajstić information content (AvgIpc) is 3.26. The van der Waals surface area contributed by atoms with Gasteiger partial charge in [-0.25, -0.2) is 0 Å². The number of amides is 4. The third kappa shape index (κ3) is 3.63. The maximum absolute atomic E-state index is 13.2. The highest BCUT2D eigenvalue weighted by Gasteiger charge is 2.52. The van der Waals surface area contributed by atoms with Crippen molar-refractivity contribution in [1.82, 2.24) is 15.8 Å². The summed E-state index contributed by atoms with van der Waals surface area (Å²) in [6, 6.07) is 8.71. The molecule has 0 radical (unpaired) electrons. The summed E-state index contributed by atoms with van der Waals surface area (Å²) in [6.45, 7) is 5.62. The van der Waals surface area contributed by atoms with E-state index in [0.29, 0.717) is 54.1 Å². The molecule has 9 heteroatoms. The maximum Gasteiger partial charge on any atom is 0.273 e. The number of benzene rings is 1. The van der Waals surface area contributed by atoms with E-state index in [1.165, 1.54) is 0 Å². The first-order chi connectivity index (χ1) is 15.2. The molecule has 4 rings (SSSR count). The van der Waals surface area contributed by atoms with Crippen LogP contribution >= 0.6 is 0 Å². The number of hydrogen-bond acceptors (Lipinski definition) is 5. The number of hydrogen-bond donors (Lipinski definition) is 2. The fourth-order valence-electron chi connectivity index (χ4n) is 4.55. The molecule has 1 aromatic carbocycles. The number of rotatable bonds is 5. The van der Waals surface area contributed by atoms with Crippen molar-refractivity contribution in [3.63, 3.8) is 0 Å². The van der Waals surface area contributed by atoms with Crippen molar-refractivity contribution in [2.75, 3.05) is 11.4 Å². The van der Waals surface area contributed by atoms with Crippen LogP contribution in [-0.2, 0) is 9.59 Å². The van der Waals surface area contributed by atoms with E-state index < -0.39 is 11.6 Å². The minimum Gasteiger partial charge on any atom is -0.466 e. The number of hydrazine groups is 1. The summed E-state index contributed by atoms with van der Waals surface area (Å²) in [7, 11) is 0. The van der Waals surface area contributed by atoms with Gasteiger partial charge in [0.15, 0.2) is 0 Å². The smallest absolute Gasteiger partial charge is 0.273 e. The lowest BCUT2D eigenvalue weighted by molar-refractivity contribution is -0.122. The molecule has 0 saturated carbocycles. The van der Waals surface area contributed by atoms with E-state index in [-0.39, 0.29) is 24.1 Å². The lowest BCUT2D eigenvalue weighted by atomic mass is 9.98. The lowest BCUT2D eigenvalue weighted by Crippen LogP contribution is -2.62. The van der Waals surface area contributed by atoms with Crippen molar-refractivity contribution in [1.29, 1.82) is 0 Å². The van der Waals surface area contributed by atoms with Gasteiger partial charge in [-0.3, -0.25) is 34.9 Å². The van der Waals surface area contributed by atoms with Crippen LogP contribution in [0.2, 0.25) is 0 Å². The number of nitrogens with one attached hydrogen (secondary N) is 2. The van der Waals surface area contributed by atoms with Gasteiger partial charge in [0.25, 0.3) is 11.8 Å². The Hall–Kier alpha value is -3.62. The second kappa shape index (κ2) is 8.14. The molecule has 32 heavy (non-hydrogen) atoms. The molecule has 3 heterocycles. The van der Waals surface area contributed by atoms with E-state index in [0.717, 1.165) is 0 Å². The van der Waals surface area contributed by atoms with Gasteiger partial charge in [0, 0.05) is 19.4 Å². The Morgan fingerprint density at radius 2 is 1.91 bits per heavy atom. The topological polar surface area (TPSA) is 112 Å². The number of carbonyl (C=O) groups excluding carboxylic acids is 4. The molecule has 0 spiro atoms. The first-order valence-electron chi connectivity index (χ1n) is 10.6. The summed E-state index contributed by atoms with van der Waals surface area (Å²) >= 11 is 0. The Morgan fingerprint density at radius 3 is 2.62 bits per heavy atom. The van der Waals surface area contributed by atoms with Crippen molar-refractivity contribution in [3.05, 3.63) is 53.0 Å². The van der Waals surface area contributed by atoms with Crippen LogP contribution < -0.4 is 15.8 Å². The minimum atomic E-state index is -0.746. The van der Waals surface area contributed by atoms with Crippen molar-refractivity contribution in [3.8, 4) is 0 Å². The van der Waals surface area contributed by atoms with E-state index in [2.05, 4.69) is 10.9 Å². The number of anilines is 1. The lowest BCUT2D eigenvalue weighted by Gasteiger charge is -2.48. The predicted octanol–water partition coefficient (Wildman–Crippen LogP) is 2.44. The zero-order valence-corrected chi connectivity index (χ0v) is 18.4. The summed E-state index contributed by atoms with van der Waals surface area (Å²) < 4.78 is 5.32. The third-order valence-corrected chi connectivity index (χ3v) is 6.13. The second-order valence-corrected chi connectivity index (χ2v) is 8.35. The van der Waals surface area contributed by atoms with Crippen LogP contribution in [0.4, 0.5) is 5.69 Å². The number of aryl methyl sites for hydroxylation is 2. The van der Waals surface area contributed by atoms with Crippen LogP contribution in [-0.4, -0.2) is 40.7 Å². The van der Waals surface area contributed by atoms with E-state index in [1.807, 2.05) is 13.0 Å². The third-order valence-electron chi connectivity index (χ3n) is 6.13. The molecule has 1 unspecified atom stereocenters. The molecule has 1 fully saturated rings. The average molecular weight is 438 g/mol. The summed E-state index contributed by atoms with van der Waals surface area (Å²) in [5, 5.41) is 0. The first kappa shape index (κ1) is 21.6. The molecule has 1 saturated heterocycles. The Balaban J connectivity index is 1.37. The molecular formula is C23H26N4O5. The highest BCUT2D eigenvalue weighted by molar-refractivity contribution is 6.10. The number of para-hydroxylation sites is 1. The molecule has 1 aromatic heterocycles. The Bertz CT molecular complexity index is 1110. The molecule has 0 aliphatic carbocycles. The predicted molar refractivity (Wildman–Crippen MR) is 116 cm³/mol. The number of carbonyl (C=O) groups is 4. The highest BCUT2D eigenvalue weighted by Crippen LogP contribution is 2.43. The van der Waals surface area contributed by atoms with Crippen LogP contribution in [0.25, 0.3) is 0 Å². The van der Waals surface area contributed by atoms with Crippen LogP contribution in [0.15, 0.2) is 34.7 Å². The number of furan rings is 1. The number of nitrogens with zero attached hydrogens (tertiary/aromatic N) is 2. The molecule has 9 nitrogen and oxygen atoms in total. The van der Waals surface area contributed by atoms with Gasteiger partial charge in [-0.1, -0.05) is 12.1 Å². The van der Waals surface area contributed by atoms with Crippen LogP contribution in [0, 0.1) is 13.8 Å². The zero-order chi connectivity index (χ0) is 23.0. The quantitative estimate of drug-likeness (QED) is 0.697. The molecule has 2 N–H and O–H groups in total. The van der Waals surface area contributed by atoms with Gasteiger partial charge in [-0.05, 0) is 51.8 Å². The fourth-order valence-corrected chi connectivity index (χ4v) is 4.55. The van der Waals surface area contributed by atoms with Gasteiger partial charge in [0.05, 0.1) is 16.8 Å². The molecular weight excluding hydrogens is 412 g/mol. The Morgan fingerprint density at radius 1 is 1.16 bits per heavy atom. The van der Waals surface area contributed by atoms with E-state index in [1.54, 1.807) is 47.9 Å². The van der Waals surface area contributed by atoms with Crippen molar-refractivity contribution < 1.29 is 23.6 Å². The summed E-state index contributed by atoms with van der Waals surface area (Å²) in [5.41, 5.74) is 5.52. The summed E-state index contributed by atoms with van der Waals surface area (Å²) in [6.07, 6.45) is 1.40. The number of fused-ring (bicyclic) bond motifs is 3. The fraction of sp³-hybridized carbons (Fsp3) is 0.391. The SMILES string of the molecule is Cc1cc(C(=O)NNC(=O)CCCN2C(=O)c3ccccc3N3C(=O)CCC23C)c(C)o1. The van der Waals surface area contributed by atoms with E-state index >= 15 is 0 Å². The largest absolute Gasteiger partial charge is 0.466 e. The minimum absolute atomic E-state index is 0.0114. The Labute approximate surface area is 185 Å². The summed E-state index contributed by atoms with van der Waals surface area (Å²) in [4.78, 5) is 53.6. The molecule has 1 atom stereocenters. The second-order valence-electron chi connectivity index (χ2n) is 8.35. The molecule has 2 aliphatic rings. The van der Waals surface area contributed by atoms with Crippen molar-refractivity contribution in [2.24, 2.45) is 0 Å². The maximum atomic E-state index is 13.2. The van der Waals surface area contributed by atoms with Crippen molar-refractivity contribution in [2.45, 2.75) is 52.1 Å². The van der Waals surface area contributed by atoms with Gasteiger partial charge in [-0.15, -0.1) is 0 Å². The summed E-state index contributed by atoms with van der Waals surface area (Å²) in [5.74, 6) is 0.103. The highest BCUT2D eigenvalue weighted by atomic mass is 16.3. The first-order valence-corrected chi connectivity index (χ1v) is 10.6. The van der Waals surface area contributed by atoms with E-state index in [9.17, 15) is 19.2 Å². The molecule has 2 aliphatic heterocycles.